The van der Waals surface area contributed by atoms with E-state index in [1.807, 2.05) is 36.8 Å². The van der Waals surface area contributed by atoms with Crippen LogP contribution in [0.2, 0.25) is 0 Å². The second-order valence-corrected chi connectivity index (χ2v) is 24.1. The van der Waals surface area contributed by atoms with Gasteiger partial charge in [-0.25, -0.2) is 0 Å². The summed E-state index contributed by atoms with van der Waals surface area (Å²) in [6.45, 7) is 0. The summed E-state index contributed by atoms with van der Waals surface area (Å²) in [5, 5.41) is 0. The fourth-order valence-corrected chi connectivity index (χ4v) is 13.8. The van der Waals surface area contributed by atoms with Crippen molar-refractivity contribution in [3.05, 3.63) is 383 Å². The molecule has 0 aliphatic carbocycles. The third-order valence-corrected chi connectivity index (χ3v) is 18.4. The van der Waals surface area contributed by atoms with Crippen molar-refractivity contribution in [3.8, 4) is 167 Å². The van der Waals surface area contributed by atoms with Gasteiger partial charge in [0, 0.05) is 35.3 Å². The Hall–Kier alpha value is -12.7. The Morgan fingerprint density at radius 3 is 0.552 bits per heavy atom. The molecule has 0 saturated heterocycles. The molecule has 0 unspecified atom stereocenters. The van der Waals surface area contributed by atoms with Gasteiger partial charge in [-0.3, -0.25) is 15.0 Å². The average Bonchev–Trinajstić information content (AvgIpc) is 0.778. The van der Waals surface area contributed by atoms with E-state index in [1.54, 1.807) is 0 Å². The summed E-state index contributed by atoms with van der Waals surface area (Å²) in [6.07, 6.45) is 5.63. The lowest BCUT2D eigenvalue weighted by molar-refractivity contribution is 1.33. The van der Waals surface area contributed by atoms with Crippen molar-refractivity contribution >= 4 is 0 Å². The first-order valence-corrected chi connectivity index (χ1v) is 32.7. The van der Waals surface area contributed by atoms with Crippen LogP contribution < -0.4 is 0 Å². The zero-order valence-electron chi connectivity index (χ0n) is 52.7. The molecule has 0 aliphatic rings. The number of nitrogens with zero attached hydrogens (tertiary/aromatic N) is 3. The van der Waals surface area contributed by atoms with Crippen LogP contribution in [0.5, 0.6) is 0 Å². The predicted molar refractivity (Wildman–Crippen MR) is 401 cm³/mol. The van der Waals surface area contributed by atoms with E-state index >= 15 is 0 Å². The Balaban J connectivity index is 0.950. The van der Waals surface area contributed by atoms with Crippen molar-refractivity contribution < 1.29 is 0 Å². The van der Waals surface area contributed by atoms with Gasteiger partial charge in [-0.1, -0.05) is 291 Å². The van der Waals surface area contributed by atoms with Gasteiger partial charge in [-0.15, -0.1) is 0 Å². The van der Waals surface area contributed by atoms with Gasteiger partial charge in [0.05, 0.1) is 17.1 Å². The average molecular weight is 1220 g/mol. The van der Waals surface area contributed by atoms with Crippen molar-refractivity contribution in [1.29, 1.82) is 0 Å². The van der Waals surface area contributed by atoms with E-state index in [4.69, 9.17) is 15.0 Å². The molecule has 0 aliphatic heterocycles. The lowest BCUT2D eigenvalue weighted by Gasteiger charge is -2.22. The summed E-state index contributed by atoms with van der Waals surface area (Å²) in [4.78, 5) is 14.6. The first-order chi connectivity index (χ1) is 47.6. The van der Waals surface area contributed by atoms with Crippen LogP contribution in [0.25, 0.3) is 167 Å². The van der Waals surface area contributed by atoms with Crippen molar-refractivity contribution in [2.45, 2.75) is 0 Å². The van der Waals surface area contributed by atoms with Gasteiger partial charge in [0.25, 0.3) is 0 Å². The Labute approximate surface area is 561 Å². The summed E-state index contributed by atoms with van der Waals surface area (Å²) < 4.78 is 0. The smallest absolute Gasteiger partial charge is 0.0702 e. The summed E-state index contributed by atoms with van der Waals surface area (Å²) >= 11 is 0. The fraction of sp³-hybridized carbons (Fsp3) is 0. The number of rotatable bonds is 15. The highest BCUT2D eigenvalue weighted by molar-refractivity contribution is 6.03. The molecule has 0 fully saturated rings. The maximum absolute atomic E-state index is 4.88. The highest BCUT2D eigenvalue weighted by Gasteiger charge is 2.24. The Morgan fingerprint density at radius 2 is 0.312 bits per heavy atom. The Morgan fingerprint density at radius 1 is 0.115 bits per heavy atom. The van der Waals surface area contributed by atoms with Crippen molar-refractivity contribution in [3.63, 3.8) is 0 Å². The van der Waals surface area contributed by atoms with Gasteiger partial charge in [0.1, 0.15) is 0 Å². The molecule has 3 heterocycles. The zero-order valence-corrected chi connectivity index (χ0v) is 52.7. The molecule has 13 aromatic carbocycles. The van der Waals surface area contributed by atoms with Gasteiger partial charge < -0.3 is 0 Å². The monoisotopic (exact) mass is 1220 g/mol. The van der Waals surface area contributed by atoms with E-state index in [9.17, 15) is 0 Å². The molecule has 16 rings (SSSR count). The second kappa shape index (κ2) is 26.5. The van der Waals surface area contributed by atoms with E-state index in [0.717, 1.165) is 167 Å². The second-order valence-electron chi connectivity index (χ2n) is 24.1. The topological polar surface area (TPSA) is 38.7 Å². The van der Waals surface area contributed by atoms with Crippen LogP contribution in [0.3, 0.4) is 0 Å². The zero-order chi connectivity index (χ0) is 64.0. The number of pyridine rings is 3. The Kier molecular flexibility index (Phi) is 16.1. The van der Waals surface area contributed by atoms with Crippen LogP contribution in [0.1, 0.15) is 0 Å². The summed E-state index contributed by atoms with van der Waals surface area (Å²) in [5.74, 6) is 0. The molecule has 16 aromatic rings. The molecule has 0 saturated carbocycles. The molecule has 3 aromatic heterocycles. The molecule has 0 radical (unpaired) electrons. The van der Waals surface area contributed by atoms with E-state index in [-0.39, 0.29) is 0 Å². The molecule has 0 N–H and O–H groups in total. The molecule has 0 amide bonds. The maximum atomic E-state index is 4.88. The normalized spacial score (nSPS) is 11.1. The molecule has 0 atom stereocenters. The number of hydrogen-bond acceptors (Lipinski definition) is 3. The van der Waals surface area contributed by atoms with Gasteiger partial charge in [-0.05, 0) is 206 Å². The van der Waals surface area contributed by atoms with Crippen molar-refractivity contribution in [2.24, 2.45) is 0 Å². The predicted octanol–water partition coefficient (Wildman–Crippen LogP) is 24.9. The SMILES string of the molecule is c1ccc(-c2ccccc2-c2cc(-c3ccccn3)ccc2-c2ccccc2-c2cc(-c3ccccc3-c3ccc(-c4ccccn4)cc3-c3ccccc3-c3ccccc3)cc(-c3ccccc3-c3ccc(-c4ccccn4)cc3-c3ccccc3-c3ccccc3)c2)cc1. The molecule has 0 bridgehead atoms. The fourth-order valence-electron chi connectivity index (χ4n) is 13.8. The quantitative estimate of drug-likeness (QED) is 0.103. The highest BCUT2D eigenvalue weighted by Crippen LogP contribution is 2.50. The molecule has 0 spiro atoms. The number of hydrogen-bond donors (Lipinski definition) is 0. The standard InChI is InChI=1S/C93H63N3/c1-4-28-64(29-5-1)73-34-10-19-43-82(73)88-61-67(91-46-22-25-55-94-91)49-52-85(88)79-40-16-13-37-76(79)70-58-71(77-38-14-17-41-80(77)86-53-50-68(92-47-23-26-56-95-92)62-89(86)83-44-20-11-35-74(83)65-30-6-2-7-31-65)60-72(59-70)78-39-15-18-42-81(78)87-54-51-69(93-48-24-27-57-96-93)63-90(87)84-45-21-12-36-75(84)66-32-8-3-9-33-66/h1-63H. The lowest BCUT2D eigenvalue weighted by atomic mass is 9.82. The largest absolute Gasteiger partial charge is 0.256 e. The van der Waals surface area contributed by atoms with Gasteiger partial charge in [-0.2, -0.15) is 0 Å². The summed E-state index contributed by atoms with van der Waals surface area (Å²) in [5.41, 5.74) is 32.9. The van der Waals surface area contributed by atoms with E-state index in [2.05, 4.69) is 346 Å². The van der Waals surface area contributed by atoms with E-state index < -0.39 is 0 Å². The van der Waals surface area contributed by atoms with E-state index in [1.165, 1.54) is 0 Å². The molecule has 3 heteroatoms. The van der Waals surface area contributed by atoms with E-state index in [0.29, 0.717) is 0 Å². The van der Waals surface area contributed by atoms with Gasteiger partial charge in [0.2, 0.25) is 0 Å². The van der Waals surface area contributed by atoms with Crippen LogP contribution in [0.15, 0.2) is 383 Å². The molecular formula is C93H63N3. The number of benzene rings is 13. The van der Waals surface area contributed by atoms with Crippen LogP contribution in [-0.4, -0.2) is 15.0 Å². The molecule has 450 valence electrons. The molecule has 96 heavy (non-hydrogen) atoms. The minimum atomic E-state index is 0.918. The minimum Gasteiger partial charge on any atom is -0.256 e. The van der Waals surface area contributed by atoms with Crippen molar-refractivity contribution in [2.75, 3.05) is 0 Å². The first-order valence-electron chi connectivity index (χ1n) is 32.7. The van der Waals surface area contributed by atoms with Crippen LogP contribution in [0.4, 0.5) is 0 Å². The maximum Gasteiger partial charge on any atom is 0.0702 e. The Bertz CT molecular complexity index is 4880. The highest BCUT2D eigenvalue weighted by atomic mass is 14.7. The third kappa shape index (κ3) is 11.6. The third-order valence-electron chi connectivity index (χ3n) is 18.4. The lowest BCUT2D eigenvalue weighted by Crippen LogP contribution is -1.96. The summed E-state index contributed by atoms with van der Waals surface area (Å²) in [7, 11) is 0. The first kappa shape index (κ1) is 58.4. The van der Waals surface area contributed by atoms with Gasteiger partial charge >= 0.3 is 0 Å². The van der Waals surface area contributed by atoms with Gasteiger partial charge in [0.15, 0.2) is 0 Å². The number of aromatic nitrogens is 3. The molecule has 3 nitrogen and oxygen atoms in total. The van der Waals surface area contributed by atoms with Crippen LogP contribution >= 0.6 is 0 Å². The van der Waals surface area contributed by atoms with Crippen molar-refractivity contribution in [1.82, 2.24) is 15.0 Å². The molecular weight excluding hydrogens is 1160 g/mol. The van der Waals surface area contributed by atoms with Crippen LogP contribution in [-0.2, 0) is 0 Å². The minimum absolute atomic E-state index is 0.918. The summed E-state index contributed by atoms with van der Waals surface area (Å²) in [6, 6.07) is 132. The van der Waals surface area contributed by atoms with Crippen LogP contribution in [0, 0.1) is 0 Å².